The standard InChI is InChI=1S/C12H12N2O2/c1-16-10-4-2-9(3-5-10)12(15)11-8-13-6-7-14-11/h2-8,12,15H,1H3/t12-/m0/s1. The molecule has 1 atom stereocenters. The highest BCUT2D eigenvalue weighted by molar-refractivity contribution is 5.31. The van der Waals surface area contributed by atoms with Gasteiger partial charge in [-0.2, -0.15) is 0 Å². The molecule has 4 nitrogen and oxygen atoms in total. The zero-order valence-corrected chi connectivity index (χ0v) is 8.87. The summed E-state index contributed by atoms with van der Waals surface area (Å²) in [6.45, 7) is 0. The van der Waals surface area contributed by atoms with Crippen LogP contribution in [0, 0.1) is 0 Å². The highest BCUT2D eigenvalue weighted by Crippen LogP contribution is 2.21. The van der Waals surface area contributed by atoms with Crippen LogP contribution in [0.4, 0.5) is 0 Å². The van der Waals surface area contributed by atoms with Gasteiger partial charge in [-0.25, -0.2) is 0 Å². The fourth-order valence-corrected chi connectivity index (χ4v) is 1.41. The predicted molar refractivity (Wildman–Crippen MR) is 59.1 cm³/mol. The molecule has 0 saturated heterocycles. The summed E-state index contributed by atoms with van der Waals surface area (Å²) in [5.74, 6) is 0.759. The number of aliphatic hydroxyl groups excluding tert-OH is 1. The number of methoxy groups -OCH3 is 1. The number of aliphatic hydroxyl groups is 1. The minimum atomic E-state index is -0.750. The average Bonchev–Trinajstić information content (AvgIpc) is 2.39. The first-order valence-electron chi connectivity index (χ1n) is 4.89. The van der Waals surface area contributed by atoms with E-state index in [1.807, 2.05) is 0 Å². The third-order valence-corrected chi connectivity index (χ3v) is 2.29. The molecule has 0 saturated carbocycles. The molecule has 0 fully saturated rings. The maximum absolute atomic E-state index is 10.0. The van der Waals surface area contributed by atoms with Crippen LogP contribution in [0.15, 0.2) is 42.9 Å². The predicted octanol–water partition coefficient (Wildman–Crippen LogP) is 1.57. The Hall–Kier alpha value is -1.94. The highest BCUT2D eigenvalue weighted by Gasteiger charge is 2.11. The van der Waals surface area contributed by atoms with Crippen LogP contribution in [0.5, 0.6) is 5.75 Å². The minimum absolute atomic E-state index is 0.535. The maximum Gasteiger partial charge on any atom is 0.123 e. The summed E-state index contributed by atoms with van der Waals surface area (Å²) < 4.78 is 5.05. The van der Waals surface area contributed by atoms with Crippen molar-refractivity contribution in [2.24, 2.45) is 0 Å². The summed E-state index contributed by atoms with van der Waals surface area (Å²) in [5.41, 5.74) is 1.30. The Kier molecular flexibility index (Phi) is 3.12. The molecule has 1 N–H and O–H groups in total. The van der Waals surface area contributed by atoms with Gasteiger partial charge in [-0.1, -0.05) is 12.1 Å². The Morgan fingerprint density at radius 3 is 2.50 bits per heavy atom. The van der Waals surface area contributed by atoms with Gasteiger partial charge in [0.25, 0.3) is 0 Å². The summed E-state index contributed by atoms with van der Waals surface area (Å²) >= 11 is 0. The first-order chi connectivity index (χ1) is 7.81. The molecule has 1 aromatic heterocycles. The number of rotatable bonds is 3. The third-order valence-electron chi connectivity index (χ3n) is 2.29. The normalized spacial score (nSPS) is 12.1. The first kappa shape index (κ1) is 10.6. The second kappa shape index (κ2) is 4.72. The van der Waals surface area contributed by atoms with Crippen LogP contribution in [0.25, 0.3) is 0 Å². The zero-order chi connectivity index (χ0) is 11.4. The van der Waals surface area contributed by atoms with Crippen LogP contribution in [-0.4, -0.2) is 22.2 Å². The fourth-order valence-electron chi connectivity index (χ4n) is 1.41. The van der Waals surface area contributed by atoms with Gasteiger partial charge in [-0.15, -0.1) is 0 Å². The van der Waals surface area contributed by atoms with Crippen molar-refractivity contribution in [1.29, 1.82) is 0 Å². The molecular formula is C12H12N2O2. The maximum atomic E-state index is 10.0. The van der Waals surface area contributed by atoms with E-state index in [0.29, 0.717) is 5.69 Å². The second-order valence-electron chi connectivity index (χ2n) is 3.31. The molecular weight excluding hydrogens is 204 g/mol. The second-order valence-corrected chi connectivity index (χ2v) is 3.31. The Morgan fingerprint density at radius 1 is 1.19 bits per heavy atom. The minimum Gasteiger partial charge on any atom is -0.497 e. The topological polar surface area (TPSA) is 55.2 Å². The van der Waals surface area contributed by atoms with Gasteiger partial charge in [0.1, 0.15) is 11.9 Å². The lowest BCUT2D eigenvalue weighted by atomic mass is 10.1. The zero-order valence-electron chi connectivity index (χ0n) is 8.87. The molecule has 2 aromatic rings. The van der Waals surface area contributed by atoms with Crippen molar-refractivity contribution in [2.45, 2.75) is 6.10 Å². The van der Waals surface area contributed by atoms with Crippen molar-refractivity contribution >= 4 is 0 Å². The molecule has 16 heavy (non-hydrogen) atoms. The SMILES string of the molecule is COc1ccc([C@H](O)c2cnccn2)cc1. The molecule has 0 aliphatic heterocycles. The number of nitrogens with zero attached hydrogens (tertiary/aromatic N) is 2. The summed E-state index contributed by atoms with van der Waals surface area (Å²) in [4.78, 5) is 7.97. The van der Waals surface area contributed by atoms with Crippen LogP contribution in [0.2, 0.25) is 0 Å². The van der Waals surface area contributed by atoms with Crippen molar-refractivity contribution < 1.29 is 9.84 Å². The quantitative estimate of drug-likeness (QED) is 0.846. The van der Waals surface area contributed by atoms with E-state index < -0.39 is 6.10 Å². The van der Waals surface area contributed by atoms with Gasteiger partial charge in [0.15, 0.2) is 0 Å². The van der Waals surface area contributed by atoms with E-state index in [1.165, 1.54) is 0 Å². The van der Waals surface area contributed by atoms with E-state index in [9.17, 15) is 5.11 Å². The van der Waals surface area contributed by atoms with Gasteiger partial charge in [-0.05, 0) is 17.7 Å². The van der Waals surface area contributed by atoms with E-state index in [-0.39, 0.29) is 0 Å². The Balaban J connectivity index is 2.24. The molecule has 0 bridgehead atoms. The molecule has 0 amide bonds. The smallest absolute Gasteiger partial charge is 0.123 e. The van der Waals surface area contributed by atoms with Gasteiger partial charge < -0.3 is 9.84 Å². The molecule has 2 rings (SSSR count). The van der Waals surface area contributed by atoms with E-state index in [4.69, 9.17) is 4.74 Å². The van der Waals surface area contributed by atoms with Gasteiger partial charge in [-0.3, -0.25) is 9.97 Å². The van der Waals surface area contributed by atoms with Crippen molar-refractivity contribution in [3.05, 3.63) is 54.1 Å². The molecule has 0 radical (unpaired) electrons. The number of hydrogen-bond donors (Lipinski definition) is 1. The van der Waals surface area contributed by atoms with Gasteiger partial charge in [0.2, 0.25) is 0 Å². The third kappa shape index (κ3) is 2.17. The molecule has 0 aliphatic carbocycles. The number of benzene rings is 1. The van der Waals surface area contributed by atoms with E-state index in [1.54, 1.807) is 50.0 Å². The number of ether oxygens (including phenoxy) is 1. The van der Waals surface area contributed by atoms with Gasteiger partial charge >= 0.3 is 0 Å². The Labute approximate surface area is 93.6 Å². The molecule has 0 aliphatic rings. The van der Waals surface area contributed by atoms with Crippen LogP contribution in [-0.2, 0) is 0 Å². The lowest BCUT2D eigenvalue weighted by Gasteiger charge is -2.10. The van der Waals surface area contributed by atoms with E-state index in [2.05, 4.69) is 9.97 Å². The van der Waals surface area contributed by atoms with Crippen molar-refractivity contribution in [3.8, 4) is 5.75 Å². The van der Waals surface area contributed by atoms with Crippen LogP contribution in [0.1, 0.15) is 17.4 Å². The van der Waals surface area contributed by atoms with Crippen LogP contribution >= 0.6 is 0 Å². The highest BCUT2D eigenvalue weighted by atomic mass is 16.5. The monoisotopic (exact) mass is 216 g/mol. The van der Waals surface area contributed by atoms with E-state index >= 15 is 0 Å². The molecule has 1 heterocycles. The largest absolute Gasteiger partial charge is 0.497 e. The number of hydrogen-bond acceptors (Lipinski definition) is 4. The summed E-state index contributed by atoms with van der Waals surface area (Å²) in [6.07, 6.45) is 3.93. The summed E-state index contributed by atoms with van der Waals surface area (Å²) in [6, 6.07) is 7.21. The Bertz CT molecular complexity index is 442. The molecule has 82 valence electrons. The van der Waals surface area contributed by atoms with Crippen molar-refractivity contribution in [3.63, 3.8) is 0 Å². The van der Waals surface area contributed by atoms with E-state index in [0.717, 1.165) is 11.3 Å². The van der Waals surface area contributed by atoms with Crippen LogP contribution < -0.4 is 4.74 Å². The lowest BCUT2D eigenvalue weighted by Crippen LogP contribution is -2.02. The number of aromatic nitrogens is 2. The summed E-state index contributed by atoms with van der Waals surface area (Å²) in [5, 5.41) is 10.0. The van der Waals surface area contributed by atoms with Gasteiger partial charge in [0.05, 0.1) is 19.0 Å². The molecule has 0 spiro atoms. The average molecular weight is 216 g/mol. The molecule has 1 aromatic carbocycles. The Morgan fingerprint density at radius 2 is 1.94 bits per heavy atom. The van der Waals surface area contributed by atoms with Gasteiger partial charge in [0, 0.05) is 12.4 Å². The fraction of sp³-hybridized carbons (Fsp3) is 0.167. The van der Waals surface area contributed by atoms with Crippen molar-refractivity contribution in [1.82, 2.24) is 9.97 Å². The lowest BCUT2D eigenvalue weighted by molar-refractivity contribution is 0.214. The van der Waals surface area contributed by atoms with Crippen LogP contribution in [0.3, 0.4) is 0 Å². The first-order valence-corrected chi connectivity index (χ1v) is 4.89. The molecule has 0 unspecified atom stereocenters. The van der Waals surface area contributed by atoms with Crippen molar-refractivity contribution in [2.75, 3.05) is 7.11 Å². The molecule has 4 heteroatoms. The summed E-state index contributed by atoms with van der Waals surface area (Å²) in [7, 11) is 1.61.